The average Bonchev–Trinajstić information content (AvgIpc) is 2.93. The van der Waals surface area contributed by atoms with Gasteiger partial charge in [0.15, 0.2) is 0 Å². The topological polar surface area (TPSA) is 76.1 Å². The first-order valence-electron chi connectivity index (χ1n) is 9.43. The van der Waals surface area contributed by atoms with Crippen LogP contribution in [0.4, 0.5) is 0 Å². The van der Waals surface area contributed by atoms with Crippen LogP contribution in [0.1, 0.15) is 39.0 Å². The molecule has 0 spiro atoms. The van der Waals surface area contributed by atoms with Gasteiger partial charge in [-0.3, -0.25) is 9.69 Å². The molecule has 26 heavy (non-hydrogen) atoms. The van der Waals surface area contributed by atoms with Crippen LogP contribution in [-0.2, 0) is 19.1 Å². The van der Waals surface area contributed by atoms with Gasteiger partial charge in [-0.2, -0.15) is 0 Å². The summed E-state index contributed by atoms with van der Waals surface area (Å²) in [6, 6.07) is 0. The molecule has 1 aliphatic heterocycles. The van der Waals surface area contributed by atoms with E-state index in [1.165, 1.54) is 12.2 Å². The van der Waals surface area contributed by atoms with E-state index in [1.807, 2.05) is 21.0 Å². The maximum atomic E-state index is 11.9. The number of hydrogen-bond donors (Lipinski definition) is 1. The highest BCUT2D eigenvalue weighted by atomic mass is 16.5. The first-order chi connectivity index (χ1) is 12.3. The summed E-state index contributed by atoms with van der Waals surface area (Å²) in [6.07, 6.45) is 9.91. The fraction of sp³-hybridized carbons (Fsp3) is 0.700. The Morgan fingerprint density at radius 1 is 1.35 bits per heavy atom. The molecule has 0 amide bonds. The quantitative estimate of drug-likeness (QED) is 0.610. The van der Waals surface area contributed by atoms with Gasteiger partial charge in [0, 0.05) is 6.08 Å². The highest BCUT2D eigenvalue weighted by molar-refractivity contribution is 5.82. The zero-order valence-electron chi connectivity index (χ0n) is 16.0. The van der Waals surface area contributed by atoms with Crippen molar-refractivity contribution in [1.82, 2.24) is 4.90 Å². The molecular weight excluding hydrogens is 334 g/mol. The van der Waals surface area contributed by atoms with Gasteiger partial charge in [-0.25, -0.2) is 4.79 Å². The summed E-state index contributed by atoms with van der Waals surface area (Å²) in [5.74, 6) is -0.626. The number of aliphatic hydroxyl groups is 1. The summed E-state index contributed by atoms with van der Waals surface area (Å²) in [7, 11) is 3.64. The van der Waals surface area contributed by atoms with Crippen molar-refractivity contribution in [2.45, 2.75) is 57.3 Å². The zero-order valence-corrected chi connectivity index (χ0v) is 16.0. The van der Waals surface area contributed by atoms with E-state index >= 15 is 0 Å². The Morgan fingerprint density at radius 2 is 2.12 bits per heavy atom. The number of rotatable bonds is 3. The number of carbonyl (C=O) groups excluding carboxylic acids is 2. The van der Waals surface area contributed by atoms with Crippen molar-refractivity contribution in [2.75, 3.05) is 20.6 Å². The Bertz CT molecular complexity index is 542. The van der Waals surface area contributed by atoms with Crippen molar-refractivity contribution in [3.63, 3.8) is 0 Å². The minimum Gasteiger partial charge on any atom is -0.461 e. The van der Waals surface area contributed by atoms with Gasteiger partial charge in [-0.1, -0.05) is 12.2 Å². The largest absolute Gasteiger partial charge is 0.461 e. The van der Waals surface area contributed by atoms with E-state index in [0.29, 0.717) is 12.8 Å². The van der Waals surface area contributed by atoms with E-state index in [2.05, 4.69) is 12.2 Å². The van der Waals surface area contributed by atoms with Crippen LogP contribution in [0, 0.1) is 11.8 Å². The van der Waals surface area contributed by atoms with Crippen LogP contribution in [0.2, 0.25) is 0 Å². The van der Waals surface area contributed by atoms with Gasteiger partial charge < -0.3 is 14.6 Å². The van der Waals surface area contributed by atoms with Gasteiger partial charge in [-0.05, 0) is 71.0 Å². The molecule has 146 valence electrons. The number of esters is 2. The van der Waals surface area contributed by atoms with Crippen LogP contribution in [0.3, 0.4) is 0 Å². The Morgan fingerprint density at radius 3 is 2.85 bits per heavy atom. The average molecular weight is 365 g/mol. The second kappa shape index (κ2) is 9.88. The number of hydrogen-bond acceptors (Lipinski definition) is 6. The summed E-state index contributed by atoms with van der Waals surface area (Å²) >= 11 is 0. The van der Waals surface area contributed by atoms with Crippen LogP contribution < -0.4 is 0 Å². The van der Waals surface area contributed by atoms with Crippen molar-refractivity contribution < 1.29 is 24.2 Å². The maximum Gasteiger partial charge on any atom is 0.330 e. The number of nitrogens with zero attached hydrogens (tertiary/aromatic N) is 1. The first kappa shape index (κ1) is 20.6. The molecule has 1 heterocycles. The molecule has 2 aliphatic rings. The Balaban J connectivity index is 2.05. The molecule has 0 bridgehead atoms. The van der Waals surface area contributed by atoms with Gasteiger partial charge in [0.2, 0.25) is 0 Å². The lowest BCUT2D eigenvalue weighted by molar-refractivity contribution is -0.149. The third kappa shape index (κ3) is 6.57. The molecule has 6 heteroatoms. The number of ether oxygens (including phenoxy) is 2. The van der Waals surface area contributed by atoms with Gasteiger partial charge in [0.25, 0.3) is 0 Å². The Hall–Kier alpha value is -1.66. The third-order valence-electron chi connectivity index (χ3n) is 4.91. The summed E-state index contributed by atoms with van der Waals surface area (Å²) in [4.78, 5) is 25.5. The molecule has 0 aromatic heterocycles. The van der Waals surface area contributed by atoms with Gasteiger partial charge in [0.05, 0.1) is 18.8 Å². The summed E-state index contributed by atoms with van der Waals surface area (Å²) < 4.78 is 10.9. The van der Waals surface area contributed by atoms with Crippen molar-refractivity contribution in [3.05, 3.63) is 24.3 Å². The van der Waals surface area contributed by atoms with Crippen LogP contribution in [0.25, 0.3) is 0 Å². The number of allylic oxidation sites excluding steroid dienone is 2. The van der Waals surface area contributed by atoms with Crippen molar-refractivity contribution in [3.8, 4) is 0 Å². The minimum absolute atomic E-state index is 0.0781. The van der Waals surface area contributed by atoms with E-state index in [9.17, 15) is 14.7 Å². The minimum atomic E-state index is -0.772. The monoisotopic (exact) mass is 365 g/mol. The molecule has 1 N–H and O–H groups in total. The lowest BCUT2D eigenvalue weighted by Crippen LogP contribution is -2.27. The molecule has 0 aromatic carbocycles. The number of carbonyl (C=O) groups is 2. The molecule has 0 saturated heterocycles. The van der Waals surface area contributed by atoms with E-state index in [4.69, 9.17) is 9.47 Å². The van der Waals surface area contributed by atoms with Gasteiger partial charge in [-0.15, -0.1) is 0 Å². The van der Waals surface area contributed by atoms with Crippen LogP contribution in [-0.4, -0.2) is 60.9 Å². The fourth-order valence-electron chi connectivity index (χ4n) is 3.66. The van der Waals surface area contributed by atoms with E-state index in [1.54, 1.807) is 4.90 Å². The number of fused-ring (bicyclic) bond motifs is 1. The number of cyclic esters (lactones) is 1. The highest BCUT2D eigenvalue weighted by Crippen LogP contribution is 2.38. The van der Waals surface area contributed by atoms with Crippen molar-refractivity contribution >= 4 is 11.9 Å². The van der Waals surface area contributed by atoms with E-state index in [-0.39, 0.29) is 36.6 Å². The molecule has 1 fully saturated rings. The Kier molecular flexibility index (Phi) is 7.85. The van der Waals surface area contributed by atoms with Crippen molar-refractivity contribution in [1.29, 1.82) is 0 Å². The first-order valence-corrected chi connectivity index (χ1v) is 9.43. The molecule has 2 rings (SSSR count). The third-order valence-corrected chi connectivity index (χ3v) is 4.91. The van der Waals surface area contributed by atoms with Crippen molar-refractivity contribution in [2.24, 2.45) is 11.8 Å². The van der Waals surface area contributed by atoms with Crippen LogP contribution in [0.5, 0.6) is 0 Å². The molecule has 0 radical (unpaired) electrons. The summed E-state index contributed by atoms with van der Waals surface area (Å²) in [5.41, 5.74) is 0. The number of likely N-dealkylation sites (N-methyl/N-ethyl adjacent to an activating group) is 1. The second-order valence-corrected chi connectivity index (χ2v) is 7.61. The lowest BCUT2D eigenvalue weighted by atomic mass is 9.90. The second-order valence-electron chi connectivity index (χ2n) is 7.61. The molecule has 0 aromatic rings. The zero-order chi connectivity index (χ0) is 19.1. The SMILES string of the molecule is C[C@@H]1CCC/C=C/[C@@H]2C[C@H](OC(=O)CN(C)C)C[C@@H]2[C@H](O)/C=C/C(=O)O1. The maximum absolute atomic E-state index is 11.9. The van der Waals surface area contributed by atoms with E-state index in [0.717, 1.165) is 19.3 Å². The van der Waals surface area contributed by atoms with Gasteiger partial charge in [0.1, 0.15) is 6.10 Å². The normalized spacial score (nSPS) is 35.4. The molecular formula is C20H31NO5. The predicted octanol–water partition coefficient (Wildman–Crippen LogP) is 2.07. The van der Waals surface area contributed by atoms with Gasteiger partial charge >= 0.3 is 11.9 Å². The summed E-state index contributed by atoms with van der Waals surface area (Å²) in [5, 5.41) is 10.5. The predicted molar refractivity (Wildman–Crippen MR) is 98.3 cm³/mol. The molecule has 1 saturated carbocycles. The molecule has 1 aliphatic carbocycles. The van der Waals surface area contributed by atoms with Crippen LogP contribution >= 0.6 is 0 Å². The smallest absolute Gasteiger partial charge is 0.330 e. The lowest BCUT2D eigenvalue weighted by Gasteiger charge is -2.19. The number of aliphatic hydroxyl groups excluding tert-OH is 1. The molecule has 6 nitrogen and oxygen atoms in total. The van der Waals surface area contributed by atoms with Crippen LogP contribution in [0.15, 0.2) is 24.3 Å². The fourth-order valence-corrected chi connectivity index (χ4v) is 3.66. The standard InChI is InChI=1S/C20H31NO5/c1-14-7-5-4-6-8-15-11-16(26-20(24)13-21(2)3)12-17(15)18(22)9-10-19(23)25-14/h6,8-10,14-18,22H,4-5,7,11-13H2,1-3H3/b8-6+,10-9+/t14-,15-,16+,17+,18-/m1/s1. The Labute approximate surface area is 155 Å². The molecule has 5 atom stereocenters. The highest BCUT2D eigenvalue weighted by Gasteiger charge is 2.38. The van der Waals surface area contributed by atoms with E-state index < -0.39 is 12.1 Å². The molecule has 0 unspecified atom stereocenters. The summed E-state index contributed by atoms with van der Waals surface area (Å²) in [6.45, 7) is 2.13.